The number of rotatable bonds is 5. The normalized spacial score (nSPS) is 25.1. The Labute approximate surface area is 171 Å². The molecule has 158 valence electrons. The molecular weight excluding hydrogens is 373 g/mol. The number of urea groups is 1. The topological polar surface area (TPSA) is 72.9 Å². The van der Waals surface area contributed by atoms with Gasteiger partial charge in [-0.2, -0.15) is 0 Å². The highest BCUT2D eigenvalue weighted by atomic mass is 19.1. The fourth-order valence-electron chi connectivity index (χ4n) is 5.08. The van der Waals surface area contributed by atoms with Crippen LogP contribution >= 0.6 is 0 Å². The molecule has 1 saturated carbocycles. The Balaban J connectivity index is 1.41. The molecule has 4 rings (SSSR count). The highest BCUT2D eigenvalue weighted by Gasteiger charge is 2.37. The number of aliphatic carboxylic acids is 1. The molecule has 0 atom stereocenters. The molecule has 7 heteroatoms. The van der Waals surface area contributed by atoms with E-state index in [1.54, 1.807) is 11.0 Å². The Morgan fingerprint density at radius 1 is 1.10 bits per heavy atom. The van der Waals surface area contributed by atoms with E-state index in [9.17, 15) is 14.0 Å². The van der Waals surface area contributed by atoms with Crippen LogP contribution in [-0.2, 0) is 17.6 Å². The van der Waals surface area contributed by atoms with Crippen molar-refractivity contribution in [1.29, 1.82) is 0 Å². The van der Waals surface area contributed by atoms with Gasteiger partial charge in [-0.25, -0.2) is 9.18 Å². The summed E-state index contributed by atoms with van der Waals surface area (Å²) >= 11 is 0. The summed E-state index contributed by atoms with van der Waals surface area (Å²) in [5.41, 5.74) is 2.59. The lowest BCUT2D eigenvalue weighted by Crippen LogP contribution is -2.41. The Hall–Kier alpha value is -2.15. The van der Waals surface area contributed by atoms with Crippen LogP contribution in [0.25, 0.3) is 0 Å². The molecule has 1 aromatic rings. The summed E-state index contributed by atoms with van der Waals surface area (Å²) in [4.78, 5) is 27.4. The Bertz CT molecular complexity index is 777. The number of benzene rings is 1. The van der Waals surface area contributed by atoms with Crippen LogP contribution in [0.4, 0.5) is 14.9 Å². The number of anilines is 1. The fraction of sp³-hybridized carbons (Fsp3) is 0.636. The molecule has 0 aromatic heterocycles. The average Bonchev–Trinajstić information content (AvgIpc) is 2.93. The number of carboxylic acids is 1. The van der Waals surface area contributed by atoms with E-state index >= 15 is 0 Å². The van der Waals surface area contributed by atoms with E-state index in [0.29, 0.717) is 24.7 Å². The van der Waals surface area contributed by atoms with Gasteiger partial charge < -0.3 is 15.3 Å². The van der Waals surface area contributed by atoms with Gasteiger partial charge in [0.2, 0.25) is 0 Å². The number of carboxylic acid groups (broad SMARTS) is 1. The predicted molar refractivity (Wildman–Crippen MR) is 109 cm³/mol. The second-order valence-electron chi connectivity index (χ2n) is 8.56. The van der Waals surface area contributed by atoms with Crippen LogP contribution in [0.3, 0.4) is 0 Å². The number of carbonyl (C=O) groups excluding carboxylic acids is 1. The Morgan fingerprint density at radius 2 is 1.79 bits per heavy atom. The van der Waals surface area contributed by atoms with Crippen LogP contribution in [0.1, 0.15) is 49.7 Å². The minimum atomic E-state index is -0.740. The van der Waals surface area contributed by atoms with E-state index < -0.39 is 5.97 Å². The first-order valence-electron chi connectivity index (χ1n) is 10.8. The number of carbonyl (C=O) groups is 2. The van der Waals surface area contributed by atoms with Crippen molar-refractivity contribution in [2.45, 2.75) is 57.4 Å². The van der Waals surface area contributed by atoms with Crippen LogP contribution in [0.2, 0.25) is 0 Å². The molecule has 0 spiro atoms. The highest BCUT2D eigenvalue weighted by molar-refractivity contribution is 5.94. The summed E-state index contributed by atoms with van der Waals surface area (Å²) in [6.45, 7) is 2.88. The molecule has 1 aliphatic carbocycles. The van der Waals surface area contributed by atoms with Crippen molar-refractivity contribution in [3.05, 3.63) is 29.1 Å². The maximum absolute atomic E-state index is 14.8. The molecule has 0 bridgehead atoms. The largest absolute Gasteiger partial charge is 0.481 e. The van der Waals surface area contributed by atoms with Gasteiger partial charge in [-0.15, -0.1) is 0 Å². The summed E-state index contributed by atoms with van der Waals surface area (Å²) in [7, 11) is 0. The number of hydrogen-bond donors (Lipinski definition) is 2. The molecule has 29 heavy (non-hydrogen) atoms. The van der Waals surface area contributed by atoms with Crippen LogP contribution in [0, 0.1) is 11.7 Å². The van der Waals surface area contributed by atoms with Crippen molar-refractivity contribution < 1.29 is 19.1 Å². The third-order valence-corrected chi connectivity index (χ3v) is 6.77. The summed E-state index contributed by atoms with van der Waals surface area (Å²) in [5, 5.41) is 12.2. The second-order valence-corrected chi connectivity index (χ2v) is 8.56. The van der Waals surface area contributed by atoms with Gasteiger partial charge in [-0.05, 0) is 87.2 Å². The predicted octanol–water partition coefficient (Wildman–Crippen LogP) is 3.18. The molecule has 2 fully saturated rings. The molecule has 1 aromatic carbocycles. The number of halogens is 1. The minimum absolute atomic E-state index is 0.0930. The van der Waals surface area contributed by atoms with Gasteiger partial charge in [-0.3, -0.25) is 9.69 Å². The summed E-state index contributed by atoms with van der Waals surface area (Å²) in [5.74, 6) is -0.610. The third kappa shape index (κ3) is 4.39. The maximum Gasteiger partial charge on any atom is 0.324 e. The lowest BCUT2D eigenvalue weighted by atomic mass is 9.83. The molecule has 2 amide bonds. The smallest absolute Gasteiger partial charge is 0.324 e. The lowest BCUT2D eigenvalue weighted by Gasteiger charge is -2.34. The van der Waals surface area contributed by atoms with Gasteiger partial charge in [0.25, 0.3) is 0 Å². The molecule has 0 radical (unpaired) electrons. The number of nitrogens with one attached hydrogen (secondary N) is 1. The van der Waals surface area contributed by atoms with Crippen LogP contribution < -0.4 is 10.2 Å². The van der Waals surface area contributed by atoms with Crippen LogP contribution in [-0.4, -0.2) is 54.2 Å². The number of nitrogens with zero attached hydrogens (tertiary/aromatic N) is 2. The first-order valence-corrected chi connectivity index (χ1v) is 10.8. The van der Waals surface area contributed by atoms with Crippen molar-refractivity contribution >= 4 is 17.7 Å². The van der Waals surface area contributed by atoms with E-state index in [-0.39, 0.29) is 24.3 Å². The van der Waals surface area contributed by atoms with Crippen molar-refractivity contribution in [2.75, 3.05) is 31.1 Å². The number of hydrogen-bond acceptors (Lipinski definition) is 3. The Kier molecular flexibility index (Phi) is 6.04. The van der Waals surface area contributed by atoms with E-state index in [1.165, 1.54) is 0 Å². The quantitative estimate of drug-likeness (QED) is 0.792. The zero-order valence-electron chi connectivity index (χ0n) is 16.8. The second kappa shape index (κ2) is 8.69. The first-order chi connectivity index (χ1) is 14.0. The van der Waals surface area contributed by atoms with Crippen molar-refractivity contribution in [3.63, 3.8) is 0 Å². The molecule has 2 aliphatic heterocycles. The van der Waals surface area contributed by atoms with E-state index in [1.807, 2.05) is 11.0 Å². The molecule has 2 N–H and O–H groups in total. The highest BCUT2D eigenvalue weighted by Crippen LogP contribution is 2.34. The number of fused-ring (bicyclic) bond motifs is 1. The zero-order chi connectivity index (χ0) is 20.4. The van der Waals surface area contributed by atoms with Gasteiger partial charge in [-0.1, -0.05) is 0 Å². The third-order valence-electron chi connectivity index (χ3n) is 6.77. The van der Waals surface area contributed by atoms with Gasteiger partial charge >= 0.3 is 12.0 Å². The van der Waals surface area contributed by atoms with Crippen LogP contribution in [0.5, 0.6) is 0 Å². The number of amides is 2. The summed E-state index contributed by atoms with van der Waals surface area (Å²) in [6, 6.07) is 3.58. The molecule has 3 aliphatic rings. The summed E-state index contributed by atoms with van der Waals surface area (Å²) < 4.78 is 14.8. The molecule has 0 unspecified atom stereocenters. The van der Waals surface area contributed by atoms with Gasteiger partial charge in [0.05, 0.1) is 5.69 Å². The Morgan fingerprint density at radius 3 is 2.48 bits per heavy atom. The molecule has 2 heterocycles. The monoisotopic (exact) mass is 403 g/mol. The minimum Gasteiger partial charge on any atom is -0.481 e. The van der Waals surface area contributed by atoms with E-state index in [4.69, 9.17) is 5.11 Å². The zero-order valence-corrected chi connectivity index (χ0v) is 16.8. The fourth-order valence-corrected chi connectivity index (χ4v) is 5.08. The summed E-state index contributed by atoms with van der Waals surface area (Å²) in [6.07, 6.45) is 6.34. The van der Waals surface area contributed by atoms with E-state index in [2.05, 4.69) is 5.32 Å². The van der Waals surface area contributed by atoms with Crippen molar-refractivity contribution in [2.24, 2.45) is 5.92 Å². The first kappa shape index (κ1) is 20.1. The van der Waals surface area contributed by atoms with Gasteiger partial charge in [0.1, 0.15) is 5.82 Å². The van der Waals surface area contributed by atoms with Gasteiger partial charge in [0, 0.05) is 25.6 Å². The van der Waals surface area contributed by atoms with E-state index in [0.717, 1.165) is 69.2 Å². The van der Waals surface area contributed by atoms with Crippen LogP contribution in [0.15, 0.2) is 12.1 Å². The lowest BCUT2D eigenvalue weighted by molar-refractivity contribution is -0.137. The standard InChI is InChI=1S/C22H30FN3O3/c23-19-13-16-7-9-24-10-8-17(16)14-20(19)26-12-11-25(22(26)29)18-4-1-15(2-5-18)3-6-21(27)28/h13-15,18,24H,1-12H2,(H,27,28). The molecular formula is C22H30FN3O3. The molecule has 6 nitrogen and oxygen atoms in total. The average molecular weight is 403 g/mol. The molecule has 1 saturated heterocycles. The SMILES string of the molecule is O=C(O)CCC1CCC(N2CCN(c3cc4c(cc3F)CCNCC4)C2=O)CC1. The van der Waals surface area contributed by atoms with Crippen molar-refractivity contribution in [1.82, 2.24) is 10.2 Å². The van der Waals surface area contributed by atoms with Crippen molar-refractivity contribution in [3.8, 4) is 0 Å². The van der Waals surface area contributed by atoms with Gasteiger partial charge in [0.15, 0.2) is 0 Å². The maximum atomic E-state index is 14.8.